The number of anilines is 2. The molecular formula is C36H36F4N6O2. The number of benzene rings is 3. The molecule has 0 saturated carbocycles. The monoisotopic (exact) mass is 660 g/mol. The van der Waals surface area contributed by atoms with Crippen LogP contribution in [0.25, 0.3) is 32.8 Å². The van der Waals surface area contributed by atoms with Gasteiger partial charge in [-0.3, -0.25) is 4.90 Å². The summed E-state index contributed by atoms with van der Waals surface area (Å²) >= 11 is 0. The van der Waals surface area contributed by atoms with Gasteiger partial charge in [0.25, 0.3) is 0 Å². The van der Waals surface area contributed by atoms with Crippen LogP contribution in [-0.4, -0.2) is 79.1 Å². The zero-order chi connectivity index (χ0) is 33.3. The number of rotatable bonds is 6. The third-order valence-electron chi connectivity index (χ3n) is 10.7. The van der Waals surface area contributed by atoms with Crippen molar-refractivity contribution in [1.82, 2.24) is 20.2 Å². The molecule has 4 aromatic rings. The van der Waals surface area contributed by atoms with Gasteiger partial charge in [0.2, 0.25) is 0 Å². The Morgan fingerprint density at radius 2 is 1.98 bits per heavy atom. The number of ether oxygens (including phenoxy) is 2. The number of fused-ring (bicyclic) bond motifs is 5. The Bertz CT molecular complexity index is 2000. The molecule has 4 atom stereocenters. The highest BCUT2D eigenvalue weighted by molar-refractivity contribution is 6.06. The fraction of sp³-hybridized carbons (Fsp3) is 0.444. The maximum Gasteiger partial charge on any atom is 0.319 e. The van der Waals surface area contributed by atoms with Crippen LogP contribution in [0.4, 0.5) is 29.1 Å². The van der Waals surface area contributed by atoms with E-state index in [-0.39, 0.29) is 63.3 Å². The molecule has 0 amide bonds. The Hall–Kier alpha value is -4.34. The quantitative estimate of drug-likeness (QED) is 0.158. The first-order valence-electron chi connectivity index (χ1n) is 16.5. The summed E-state index contributed by atoms with van der Waals surface area (Å²) in [4.78, 5) is 13.4. The lowest BCUT2D eigenvalue weighted by molar-refractivity contribution is 0.107. The summed E-state index contributed by atoms with van der Waals surface area (Å²) in [5, 5.41) is 4.14. The lowest BCUT2D eigenvalue weighted by Crippen LogP contribution is -2.43. The van der Waals surface area contributed by atoms with Gasteiger partial charge >= 0.3 is 6.01 Å². The number of hydrogen-bond donors (Lipinski definition) is 2. The second kappa shape index (κ2) is 11.7. The third-order valence-corrected chi connectivity index (χ3v) is 10.7. The number of nitrogens with zero attached hydrogens (tertiary/aromatic N) is 4. The van der Waals surface area contributed by atoms with E-state index in [1.54, 1.807) is 6.07 Å². The van der Waals surface area contributed by atoms with Gasteiger partial charge in [-0.2, -0.15) is 9.97 Å². The molecule has 4 aliphatic rings. The van der Waals surface area contributed by atoms with E-state index in [2.05, 4.69) is 21.1 Å². The van der Waals surface area contributed by atoms with Crippen LogP contribution >= 0.6 is 0 Å². The van der Waals surface area contributed by atoms with E-state index in [1.807, 2.05) is 4.90 Å². The number of nitrogen functional groups attached to an aromatic ring is 1. The molecule has 12 heteroatoms. The maximum absolute atomic E-state index is 17.2. The molecule has 1 aromatic heterocycles. The predicted molar refractivity (Wildman–Crippen MR) is 177 cm³/mol. The standard InChI is InChI=1S/C36H36F4N6O2/c1-3-24-26(38)6-5-20-12-22(41)13-25(27(20)24)28-30(39)32-29(33(47-2)31(28)40)34(45-10-7-19-11-23(17-45)42-15-19)44-35(43-32)48-18-36-8-4-9-46(36)16-21(37)14-36/h1,5-6,12-13,19,21,23,42H,4,7-11,14-18,41H2,2H3/t19?,21-,23?,36+/m1/s1. The van der Waals surface area contributed by atoms with Crippen LogP contribution in [0.1, 0.15) is 37.7 Å². The minimum absolute atomic E-state index is 0.0352. The zero-order valence-electron chi connectivity index (χ0n) is 26.6. The highest BCUT2D eigenvalue weighted by Gasteiger charge is 2.49. The molecule has 8 nitrogen and oxygen atoms in total. The van der Waals surface area contributed by atoms with Gasteiger partial charge in [-0.25, -0.2) is 17.6 Å². The van der Waals surface area contributed by atoms with Gasteiger partial charge in [-0.1, -0.05) is 12.0 Å². The lowest BCUT2D eigenvalue weighted by Gasteiger charge is -2.31. The van der Waals surface area contributed by atoms with E-state index in [9.17, 15) is 8.78 Å². The average molecular weight is 661 g/mol. The molecule has 4 saturated heterocycles. The highest BCUT2D eigenvalue weighted by atomic mass is 19.1. The van der Waals surface area contributed by atoms with Crippen LogP contribution in [0.3, 0.4) is 0 Å². The second-order valence-corrected chi connectivity index (χ2v) is 13.6. The molecule has 250 valence electrons. The van der Waals surface area contributed by atoms with Gasteiger partial charge in [-0.05, 0) is 73.8 Å². The summed E-state index contributed by atoms with van der Waals surface area (Å²) in [5.74, 6) is 0.0904. The Labute approximate surface area is 275 Å². The average Bonchev–Trinajstić information content (AvgIpc) is 3.70. The Morgan fingerprint density at radius 3 is 2.79 bits per heavy atom. The maximum atomic E-state index is 17.2. The zero-order valence-corrected chi connectivity index (χ0v) is 26.6. The molecule has 5 heterocycles. The number of nitrogens with two attached hydrogens (primary N) is 1. The Kier molecular flexibility index (Phi) is 7.53. The van der Waals surface area contributed by atoms with Crippen molar-refractivity contribution >= 4 is 33.2 Å². The van der Waals surface area contributed by atoms with Gasteiger partial charge in [-0.15, -0.1) is 6.42 Å². The predicted octanol–water partition coefficient (Wildman–Crippen LogP) is 5.58. The van der Waals surface area contributed by atoms with Crippen LogP contribution < -0.4 is 25.4 Å². The van der Waals surface area contributed by atoms with E-state index < -0.39 is 34.7 Å². The lowest BCUT2D eigenvalue weighted by atomic mass is 9.92. The smallest absolute Gasteiger partial charge is 0.319 e. The number of terminal acetylenes is 1. The Morgan fingerprint density at radius 1 is 1.12 bits per heavy atom. The van der Waals surface area contributed by atoms with Crippen molar-refractivity contribution in [2.24, 2.45) is 5.92 Å². The first-order valence-corrected chi connectivity index (χ1v) is 16.5. The molecule has 3 N–H and O–H groups in total. The van der Waals surface area contributed by atoms with Crippen LogP contribution in [0, 0.1) is 35.7 Å². The number of alkyl halides is 1. The number of halogens is 4. The summed E-state index contributed by atoms with van der Waals surface area (Å²) in [7, 11) is 1.30. The summed E-state index contributed by atoms with van der Waals surface area (Å²) in [6, 6.07) is 5.66. The molecule has 0 aliphatic carbocycles. The van der Waals surface area contributed by atoms with E-state index in [1.165, 1.54) is 25.3 Å². The van der Waals surface area contributed by atoms with E-state index in [4.69, 9.17) is 26.6 Å². The van der Waals surface area contributed by atoms with E-state index in [0.717, 1.165) is 38.8 Å². The number of aromatic nitrogens is 2. The van der Waals surface area contributed by atoms with Crippen molar-refractivity contribution in [2.45, 2.75) is 49.9 Å². The van der Waals surface area contributed by atoms with Gasteiger partial charge in [0.05, 0.1) is 29.2 Å². The topological polar surface area (TPSA) is 88.8 Å². The van der Waals surface area contributed by atoms with Gasteiger partial charge in [0, 0.05) is 43.2 Å². The normalized spacial score (nSPS) is 25.4. The van der Waals surface area contributed by atoms with Crippen molar-refractivity contribution in [3.63, 3.8) is 0 Å². The number of methoxy groups -OCH3 is 1. The van der Waals surface area contributed by atoms with Gasteiger partial charge < -0.3 is 25.4 Å². The van der Waals surface area contributed by atoms with Crippen LogP contribution in [0.2, 0.25) is 0 Å². The fourth-order valence-electron chi connectivity index (χ4n) is 8.56. The highest BCUT2D eigenvalue weighted by Crippen LogP contribution is 2.47. The van der Waals surface area contributed by atoms with Crippen molar-refractivity contribution < 1.29 is 27.0 Å². The molecular weight excluding hydrogens is 624 g/mol. The minimum Gasteiger partial charge on any atom is -0.493 e. The van der Waals surface area contributed by atoms with Crippen molar-refractivity contribution in [3.8, 4) is 35.2 Å². The van der Waals surface area contributed by atoms with Crippen molar-refractivity contribution in [3.05, 3.63) is 47.3 Å². The number of hydrogen-bond acceptors (Lipinski definition) is 8. The molecule has 3 aromatic carbocycles. The second-order valence-electron chi connectivity index (χ2n) is 13.6. The first-order chi connectivity index (χ1) is 23.2. The molecule has 4 fully saturated rings. The van der Waals surface area contributed by atoms with Crippen LogP contribution in [0.15, 0.2) is 24.3 Å². The minimum atomic E-state index is -1.02. The summed E-state index contributed by atoms with van der Waals surface area (Å²) in [6.45, 7) is 3.34. The SMILES string of the molecule is C#Cc1c(F)ccc2cc(N)cc(-c3c(F)c(OC)c4c(N5CCC6CNC(C6)C5)nc(OC[C@@]56CCCN5C[C@H](F)C6)nc4c3F)c12. The summed E-state index contributed by atoms with van der Waals surface area (Å²) in [6.07, 6.45) is 8.63. The van der Waals surface area contributed by atoms with E-state index >= 15 is 8.78 Å². The molecule has 4 aliphatic heterocycles. The molecule has 2 bridgehead atoms. The van der Waals surface area contributed by atoms with Gasteiger partial charge in [0.1, 0.15) is 29.9 Å². The van der Waals surface area contributed by atoms with Crippen molar-refractivity contribution in [2.75, 3.05) is 57.1 Å². The van der Waals surface area contributed by atoms with Crippen molar-refractivity contribution in [1.29, 1.82) is 0 Å². The molecule has 0 spiro atoms. The summed E-state index contributed by atoms with van der Waals surface area (Å²) < 4.78 is 75.5. The molecule has 8 rings (SSSR count). The Balaban J connectivity index is 1.35. The van der Waals surface area contributed by atoms with Gasteiger partial charge in [0.15, 0.2) is 17.4 Å². The molecule has 0 radical (unpaired) electrons. The number of nitrogens with one attached hydrogen (secondary N) is 1. The largest absolute Gasteiger partial charge is 0.493 e. The third kappa shape index (κ3) is 4.89. The van der Waals surface area contributed by atoms with Crippen LogP contribution in [-0.2, 0) is 0 Å². The van der Waals surface area contributed by atoms with E-state index in [0.29, 0.717) is 37.4 Å². The first kappa shape index (κ1) is 31.0. The van der Waals surface area contributed by atoms with Crippen LogP contribution in [0.5, 0.6) is 11.8 Å². The summed E-state index contributed by atoms with van der Waals surface area (Å²) in [5.41, 5.74) is 4.99. The molecule has 2 unspecified atom stereocenters. The molecule has 48 heavy (non-hydrogen) atoms. The fourth-order valence-corrected chi connectivity index (χ4v) is 8.56.